The molecule has 0 fully saturated rings. The number of anilines is 1. The van der Waals surface area contributed by atoms with E-state index in [9.17, 15) is 4.79 Å². The summed E-state index contributed by atoms with van der Waals surface area (Å²) in [5.41, 5.74) is 7.34. The number of rotatable bonds is 4. The Bertz CT molecular complexity index is 674. The maximum atomic E-state index is 12.0. The van der Waals surface area contributed by atoms with Crippen LogP contribution in [0.2, 0.25) is 15.1 Å². The number of hydrogen-bond acceptors (Lipinski definition) is 2. The molecule has 2 rings (SSSR count). The van der Waals surface area contributed by atoms with Gasteiger partial charge in [0.25, 0.3) is 5.91 Å². The monoisotopic (exact) mass is 342 g/mol. The Hall–Kier alpha value is -1.42. The van der Waals surface area contributed by atoms with Crippen LogP contribution in [-0.2, 0) is 6.42 Å². The lowest BCUT2D eigenvalue weighted by Gasteiger charge is -2.09. The van der Waals surface area contributed by atoms with Crippen molar-refractivity contribution < 1.29 is 4.79 Å². The summed E-state index contributed by atoms with van der Waals surface area (Å²) in [5.74, 6) is -0.264. The van der Waals surface area contributed by atoms with Gasteiger partial charge in [-0.1, -0.05) is 46.9 Å². The van der Waals surface area contributed by atoms with Crippen LogP contribution in [0.15, 0.2) is 36.4 Å². The van der Waals surface area contributed by atoms with E-state index in [4.69, 9.17) is 40.5 Å². The summed E-state index contributed by atoms with van der Waals surface area (Å²) < 4.78 is 0. The Balaban J connectivity index is 1.97. The Kier molecular flexibility index (Phi) is 5.34. The standard InChI is InChI=1S/C15H13Cl3N2O/c16-10-5-4-9(13(18)8-10)6-7-20-15(21)11-2-1-3-12(17)14(11)19/h1-5,8H,6-7,19H2,(H,20,21). The molecule has 0 aliphatic rings. The Morgan fingerprint density at radius 3 is 2.57 bits per heavy atom. The normalized spacial score (nSPS) is 10.4. The van der Waals surface area contributed by atoms with Crippen LogP contribution in [0.25, 0.3) is 0 Å². The molecule has 0 radical (unpaired) electrons. The number of nitrogen functional groups attached to an aromatic ring is 1. The molecule has 2 aromatic carbocycles. The average molecular weight is 344 g/mol. The molecule has 110 valence electrons. The molecule has 21 heavy (non-hydrogen) atoms. The molecular formula is C15H13Cl3N2O. The molecule has 0 aromatic heterocycles. The molecule has 0 saturated carbocycles. The zero-order chi connectivity index (χ0) is 15.4. The number of nitrogens with one attached hydrogen (secondary N) is 1. The number of halogens is 3. The molecule has 0 aliphatic heterocycles. The van der Waals surface area contributed by atoms with Gasteiger partial charge < -0.3 is 11.1 Å². The van der Waals surface area contributed by atoms with Crippen LogP contribution in [-0.4, -0.2) is 12.5 Å². The predicted molar refractivity (Wildman–Crippen MR) is 88.4 cm³/mol. The molecule has 0 spiro atoms. The average Bonchev–Trinajstić information content (AvgIpc) is 2.44. The summed E-state index contributed by atoms with van der Waals surface area (Å²) in [5, 5.41) is 4.32. The summed E-state index contributed by atoms with van der Waals surface area (Å²) >= 11 is 17.8. The van der Waals surface area contributed by atoms with Gasteiger partial charge in [-0.3, -0.25) is 4.79 Å². The molecular weight excluding hydrogens is 331 g/mol. The van der Waals surface area contributed by atoms with E-state index >= 15 is 0 Å². The van der Waals surface area contributed by atoms with Crippen LogP contribution in [0.5, 0.6) is 0 Å². The minimum absolute atomic E-state index is 0.264. The summed E-state index contributed by atoms with van der Waals surface area (Å²) in [6.07, 6.45) is 0.599. The number of para-hydroxylation sites is 1. The van der Waals surface area contributed by atoms with Crippen LogP contribution < -0.4 is 11.1 Å². The van der Waals surface area contributed by atoms with Gasteiger partial charge in [0.2, 0.25) is 0 Å². The summed E-state index contributed by atoms with van der Waals surface area (Å²) in [7, 11) is 0. The smallest absolute Gasteiger partial charge is 0.253 e. The van der Waals surface area contributed by atoms with Gasteiger partial charge in [-0.05, 0) is 36.2 Å². The van der Waals surface area contributed by atoms with Gasteiger partial charge in [0.05, 0.1) is 16.3 Å². The third kappa shape index (κ3) is 4.03. The summed E-state index contributed by atoms with van der Waals surface area (Å²) in [4.78, 5) is 12.0. The number of amides is 1. The molecule has 6 heteroatoms. The quantitative estimate of drug-likeness (QED) is 0.817. The Morgan fingerprint density at radius 1 is 1.10 bits per heavy atom. The Morgan fingerprint density at radius 2 is 1.86 bits per heavy atom. The lowest BCUT2D eigenvalue weighted by molar-refractivity contribution is 0.0955. The molecule has 2 aromatic rings. The van der Waals surface area contributed by atoms with Crippen LogP contribution in [0.4, 0.5) is 5.69 Å². The molecule has 0 aliphatic carbocycles. The minimum Gasteiger partial charge on any atom is -0.397 e. The summed E-state index contributed by atoms with van der Waals surface area (Å²) in [6, 6.07) is 10.2. The highest BCUT2D eigenvalue weighted by Gasteiger charge is 2.11. The third-order valence-corrected chi connectivity index (χ3v) is 3.91. The fourth-order valence-corrected chi connectivity index (χ4v) is 2.54. The second-order valence-corrected chi connectivity index (χ2v) is 5.69. The number of benzene rings is 2. The predicted octanol–water partition coefficient (Wildman–Crippen LogP) is 4.20. The first-order valence-corrected chi connectivity index (χ1v) is 7.38. The van der Waals surface area contributed by atoms with E-state index in [-0.39, 0.29) is 11.6 Å². The first-order chi connectivity index (χ1) is 9.99. The molecule has 0 atom stereocenters. The molecule has 0 bridgehead atoms. The first-order valence-electron chi connectivity index (χ1n) is 6.25. The fourth-order valence-electron chi connectivity index (χ4n) is 1.87. The van der Waals surface area contributed by atoms with E-state index in [1.54, 1.807) is 30.3 Å². The highest BCUT2D eigenvalue weighted by molar-refractivity contribution is 6.35. The highest BCUT2D eigenvalue weighted by Crippen LogP contribution is 2.23. The number of carbonyl (C=O) groups excluding carboxylic acids is 1. The molecule has 0 saturated heterocycles. The van der Waals surface area contributed by atoms with Gasteiger partial charge in [0.15, 0.2) is 0 Å². The van der Waals surface area contributed by atoms with E-state index in [0.717, 1.165) is 5.56 Å². The van der Waals surface area contributed by atoms with Gasteiger partial charge in [-0.25, -0.2) is 0 Å². The van der Waals surface area contributed by atoms with Crippen LogP contribution in [0.1, 0.15) is 15.9 Å². The lowest BCUT2D eigenvalue weighted by atomic mass is 10.1. The van der Waals surface area contributed by atoms with Crippen molar-refractivity contribution in [2.45, 2.75) is 6.42 Å². The summed E-state index contributed by atoms with van der Waals surface area (Å²) in [6.45, 7) is 0.437. The van der Waals surface area contributed by atoms with E-state index in [1.807, 2.05) is 6.07 Å². The number of nitrogens with two attached hydrogens (primary N) is 1. The zero-order valence-electron chi connectivity index (χ0n) is 11.0. The molecule has 3 nitrogen and oxygen atoms in total. The van der Waals surface area contributed by atoms with Crippen molar-refractivity contribution >= 4 is 46.4 Å². The van der Waals surface area contributed by atoms with Crippen LogP contribution in [0.3, 0.4) is 0 Å². The van der Waals surface area contributed by atoms with E-state index < -0.39 is 0 Å². The van der Waals surface area contributed by atoms with Crippen molar-refractivity contribution in [3.05, 3.63) is 62.6 Å². The van der Waals surface area contributed by atoms with Crippen molar-refractivity contribution in [3.63, 3.8) is 0 Å². The molecule has 1 amide bonds. The van der Waals surface area contributed by atoms with Gasteiger partial charge in [-0.15, -0.1) is 0 Å². The molecule has 0 unspecified atom stereocenters. The SMILES string of the molecule is Nc1c(Cl)cccc1C(=O)NCCc1ccc(Cl)cc1Cl. The van der Waals surface area contributed by atoms with Gasteiger partial charge >= 0.3 is 0 Å². The zero-order valence-corrected chi connectivity index (χ0v) is 13.3. The maximum absolute atomic E-state index is 12.0. The van der Waals surface area contributed by atoms with E-state index in [1.165, 1.54) is 0 Å². The van der Waals surface area contributed by atoms with Crippen molar-refractivity contribution in [1.82, 2.24) is 5.32 Å². The first kappa shape index (κ1) is 16.0. The largest absolute Gasteiger partial charge is 0.397 e. The lowest BCUT2D eigenvalue weighted by Crippen LogP contribution is -2.26. The van der Waals surface area contributed by atoms with Gasteiger partial charge in [0.1, 0.15) is 0 Å². The Labute approximate surface area is 138 Å². The second-order valence-electron chi connectivity index (χ2n) is 4.44. The van der Waals surface area contributed by atoms with E-state index in [2.05, 4.69) is 5.32 Å². The topological polar surface area (TPSA) is 55.1 Å². The molecule has 0 heterocycles. The van der Waals surface area contributed by atoms with Crippen molar-refractivity contribution in [1.29, 1.82) is 0 Å². The fraction of sp³-hybridized carbons (Fsp3) is 0.133. The van der Waals surface area contributed by atoms with Crippen LogP contribution >= 0.6 is 34.8 Å². The van der Waals surface area contributed by atoms with Gasteiger partial charge in [0, 0.05) is 16.6 Å². The van der Waals surface area contributed by atoms with Crippen molar-refractivity contribution in [3.8, 4) is 0 Å². The molecule has 3 N–H and O–H groups in total. The highest BCUT2D eigenvalue weighted by atomic mass is 35.5. The minimum atomic E-state index is -0.264. The number of carbonyl (C=O) groups is 1. The van der Waals surface area contributed by atoms with E-state index in [0.29, 0.717) is 33.6 Å². The third-order valence-electron chi connectivity index (χ3n) is 2.99. The maximum Gasteiger partial charge on any atom is 0.253 e. The van der Waals surface area contributed by atoms with Crippen molar-refractivity contribution in [2.24, 2.45) is 0 Å². The second kappa shape index (κ2) is 7.03. The van der Waals surface area contributed by atoms with Crippen LogP contribution in [0, 0.1) is 0 Å². The van der Waals surface area contributed by atoms with Crippen molar-refractivity contribution in [2.75, 3.05) is 12.3 Å². The van der Waals surface area contributed by atoms with Gasteiger partial charge in [-0.2, -0.15) is 0 Å². The number of hydrogen-bond donors (Lipinski definition) is 2.